The van der Waals surface area contributed by atoms with E-state index >= 15 is 0 Å². The van der Waals surface area contributed by atoms with E-state index in [0.29, 0.717) is 13.2 Å². The Hall–Kier alpha value is -4.80. The average Bonchev–Trinajstić information content (AvgIpc) is 3.12. The van der Waals surface area contributed by atoms with Gasteiger partial charge in [0.2, 0.25) is 0 Å². The molecule has 46 heavy (non-hydrogen) atoms. The van der Waals surface area contributed by atoms with E-state index in [1.165, 1.54) is 11.4 Å². The second-order valence-electron chi connectivity index (χ2n) is 11.0. The highest BCUT2D eigenvalue weighted by Crippen LogP contribution is 2.27. The van der Waals surface area contributed by atoms with Crippen LogP contribution in [0.25, 0.3) is 0 Å². The molecule has 1 saturated heterocycles. The van der Waals surface area contributed by atoms with E-state index in [4.69, 9.17) is 19.7 Å². The molecule has 1 fully saturated rings. The molecule has 0 aromatic heterocycles. The molecular weight excluding hydrogens is 580 g/mol. The molecule has 4 aromatic rings. The lowest BCUT2D eigenvalue weighted by molar-refractivity contribution is 0.253. The Kier molecular flexibility index (Phi) is 12.5. The molecule has 0 spiro atoms. The van der Waals surface area contributed by atoms with Crippen molar-refractivity contribution in [2.24, 2.45) is 20.5 Å². The number of azo groups is 2. The van der Waals surface area contributed by atoms with Crippen molar-refractivity contribution >= 4 is 34.1 Å². The fraction of sp³-hybridized carbons (Fsp3) is 0.333. The number of unbranched alkanes of at least 4 members (excludes halogenated alkanes) is 2. The minimum absolute atomic E-state index is 0.190. The van der Waals surface area contributed by atoms with Crippen molar-refractivity contribution < 1.29 is 19.7 Å². The van der Waals surface area contributed by atoms with Gasteiger partial charge in [0.15, 0.2) is 0 Å². The number of aliphatic hydroxyl groups excluding tert-OH is 2. The van der Waals surface area contributed by atoms with E-state index in [9.17, 15) is 0 Å². The van der Waals surface area contributed by atoms with E-state index in [2.05, 4.69) is 54.5 Å². The summed E-state index contributed by atoms with van der Waals surface area (Å²) < 4.78 is 11.3. The molecule has 1 aliphatic heterocycles. The van der Waals surface area contributed by atoms with Gasteiger partial charge in [0, 0.05) is 50.8 Å². The van der Waals surface area contributed by atoms with Crippen LogP contribution in [0.1, 0.15) is 25.7 Å². The van der Waals surface area contributed by atoms with Crippen molar-refractivity contribution in [2.75, 3.05) is 62.4 Å². The Morgan fingerprint density at radius 2 is 0.739 bits per heavy atom. The summed E-state index contributed by atoms with van der Waals surface area (Å²) in [6.45, 7) is 5.27. The molecule has 0 unspecified atom stereocenters. The smallest absolute Gasteiger partial charge is 0.119 e. The molecule has 4 aromatic carbocycles. The molecule has 0 bridgehead atoms. The first-order chi connectivity index (χ1) is 22.7. The lowest BCUT2D eigenvalue weighted by atomic mass is 10.2. The van der Waals surface area contributed by atoms with E-state index in [-0.39, 0.29) is 13.2 Å². The van der Waals surface area contributed by atoms with Crippen LogP contribution in [-0.4, -0.2) is 62.8 Å². The van der Waals surface area contributed by atoms with Crippen LogP contribution in [0, 0.1) is 0 Å². The van der Waals surface area contributed by atoms with Gasteiger partial charge in [0.25, 0.3) is 0 Å². The number of piperazine rings is 1. The number of benzene rings is 4. The number of anilines is 2. The van der Waals surface area contributed by atoms with Gasteiger partial charge in [-0.15, -0.1) is 0 Å². The molecule has 0 atom stereocenters. The maximum absolute atomic E-state index is 8.86. The third-order valence-electron chi connectivity index (χ3n) is 7.59. The third kappa shape index (κ3) is 10.1. The zero-order valence-electron chi connectivity index (χ0n) is 26.1. The molecule has 10 nitrogen and oxygen atoms in total. The van der Waals surface area contributed by atoms with Gasteiger partial charge in [-0.3, -0.25) is 0 Å². The Bertz CT molecular complexity index is 1390. The van der Waals surface area contributed by atoms with Gasteiger partial charge in [0.1, 0.15) is 11.5 Å². The fourth-order valence-electron chi connectivity index (χ4n) is 4.94. The van der Waals surface area contributed by atoms with E-state index in [1.807, 2.05) is 72.8 Å². The molecule has 5 rings (SSSR count). The first kappa shape index (κ1) is 32.6. The van der Waals surface area contributed by atoms with Crippen molar-refractivity contribution in [1.82, 2.24) is 0 Å². The Morgan fingerprint density at radius 3 is 1.04 bits per heavy atom. The Morgan fingerprint density at radius 1 is 0.435 bits per heavy atom. The van der Waals surface area contributed by atoms with Crippen LogP contribution in [-0.2, 0) is 0 Å². The molecule has 0 aliphatic carbocycles. The van der Waals surface area contributed by atoms with Crippen LogP contribution in [0.4, 0.5) is 34.1 Å². The maximum atomic E-state index is 8.86. The quantitative estimate of drug-likeness (QED) is 0.0963. The summed E-state index contributed by atoms with van der Waals surface area (Å²) in [5.74, 6) is 1.58. The van der Waals surface area contributed by atoms with Gasteiger partial charge in [-0.25, -0.2) is 0 Å². The summed E-state index contributed by atoms with van der Waals surface area (Å²) in [7, 11) is 0. The number of nitrogens with zero attached hydrogens (tertiary/aromatic N) is 6. The molecule has 2 N–H and O–H groups in total. The van der Waals surface area contributed by atoms with Gasteiger partial charge in [-0.05, 0) is 123 Å². The number of aliphatic hydroxyl groups is 2. The number of rotatable bonds is 16. The number of ether oxygens (including phenoxy) is 2. The zero-order valence-corrected chi connectivity index (χ0v) is 26.1. The summed E-state index contributed by atoms with van der Waals surface area (Å²) in [5.41, 5.74) is 5.50. The molecular formula is C36H42N6O4. The van der Waals surface area contributed by atoms with Crippen LogP contribution >= 0.6 is 0 Å². The second kappa shape index (κ2) is 17.6. The van der Waals surface area contributed by atoms with Crippen molar-refractivity contribution in [3.05, 3.63) is 97.1 Å². The van der Waals surface area contributed by atoms with Gasteiger partial charge in [-0.2, -0.15) is 20.5 Å². The highest BCUT2D eigenvalue weighted by molar-refractivity contribution is 5.57. The molecule has 1 aliphatic rings. The predicted octanol–water partition coefficient (Wildman–Crippen LogP) is 8.15. The summed E-state index contributed by atoms with van der Waals surface area (Å²) in [5, 5.41) is 35.2. The Balaban J connectivity index is 1.05. The average molecular weight is 623 g/mol. The third-order valence-corrected chi connectivity index (χ3v) is 7.59. The molecule has 1 heterocycles. The number of hydrogen-bond donors (Lipinski definition) is 2. The lowest BCUT2D eigenvalue weighted by Crippen LogP contribution is -2.46. The second-order valence-corrected chi connectivity index (χ2v) is 11.0. The first-order valence-electron chi connectivity index (χ1n) is 15.9. The predicted molar refractivity (Wildman–Crippen MR) is 182 cm³/mol. The van der Waals surface area contributed by atoms with Gasteiger partial charge in [-0.1, -0.05) is 0 Å². The first-order valence-corrected chi connectivity index (χ1v) is 15.9. The van der Waals surface area contributed by atoms with Gasteiger partial charge >= 0.3 is 0 Å². The largest absolute Gasteiger partial charge is 0.494 e. The van der Waals surface area contributed by atoms with Crippen LogP contribution in [0.3, 0.4) is 0 Å². The minimum Gasteiger partial charge on any atom is -0.494 e. The van der Waals surface area contributed by atoms with Crippen LogP contribution in [0.15, 0.2) is 118 Å². The maximum Gasteiger partial charge on any atom is 0.119 e. The summed E-state index contributed by atoms with van der Waals surface area (Å²) in [6.07, 6.45) is 3.15. The van der Waals surface area contributed by atoms with Crippen LogP contribution in [0.2, 0.25) is 0 Å². The van der Waals surface area contributed by atoms with Gasteiger partial charge < -0.3 is 29.5 Å². The number of hydrogen-bond acceptors (Lipinski definition) is 10. The molecule has 240 valence electrons. The summed E-state index contributed by atoms with van der Waals surface area (Å²) in [4.78, 5) is 4.79. The molecule has 10 heteroatoms. The molecule has 0 saturated carbocycles. The molecule has 0 amide bonds. The van der Waals surface area contributed by atoms with E-state index in [1.54, 1.807) is 0 Å². The van der Waals surface area contributed by atoms with Crippen molar-refractivity contribution in [3.8, 4) is 11.5 Å². The molecule has 0 radical (unpaired) electrons. The standard InChI is InChI=1S/C36H42N6O4/c43-25-1-3-27-45-35-17-9-31(10-18-35)39-37-29-5-13-33(14-6-29)41-21-23-42(24-22-41)34-15-7-30(8-16-34)38-40-32-11-19-36(20-12-32)46-28-4-2-26-44/h5-20,43-44H,1-4,21-28H2. The topological polar surface area (TPSA) is 115 Å². The van der Waals surface area contributed by atoms with Crippen molar-refractivity contribution in [1.29, 1.82) is 0 Å². The summed E-state index contributed by atoms with van der Waals surface area (Å²) in [6, 6.07) is 31.5. The van der Waals surface area contributed by atoms with Crippen LogP contribution in [0.5, 0.6) is 11.5 Å². The summed E-state index contributed by atoms with van der Waals surface area (Å²) >= 11 is 0. The van der Waals surface area contributed by atoms with Crippen molar-refractivity contribution in [3.63, 3.8) is 0 Å². The highest BCUT2D eigenvalue weighted by atomic mass is 16.5. The van der Waals surface area contributed by atoms with Crippen LogP contribution < -0.4 is 19.3 Å². The van der Waals surface area contributed by atoms with E-state index < -0.39 is 0 Å². The Labute approximate surface area is 270 Å². The lowest BCUT2D eigenvalue weighted by Gasteiger charge is -2.37. The fourth-order valence-corrected chi connectivity index (χ4v) is 4.94. The minimum atomic E-state index is 0.190. The zero-order chi connectivity index (χ0) is 31.8. The normalized spacial score (nSPS) is 13.5. The van der Waals surface area contributed by atoms with Gasteiger partial charge in [0.05, 0.1) is 36.0 Å². The monoisotopic (exact) mass is 622 g/mol. The van der Waals surface area contributed by atoms with E-state index in [0.717, 1.165) is 86.1 Å². The van der Waals surface area contributed by atoms with Crippen molar-refractivity contribution in [2.45, 2.75) is 25.7 Å². The SMILES string of the molecule is OCCCCOc1ccc(N=Nc2ccc(N3CCN(c4ccc(N=Nc5ccc(OCCCCO)cc5)cc4)CC3)cc2)cc1. The highest BCUT2D eigenvalue weighted by Gasteiger charge is 2.17.